The van der Waals surface area contributed by atoms with Gasteiger partial charge in [-0.05, 0) is 24.5 Å². The van der Waals surface area contributed by atoms with Crippen molar-refractivity contribution in [2.45, 2.75) is 33.6 Å². The SMILES string of the molecule is CCOC(=O)CC(C)(C)CCSCCBr. The Kier molecular flexibility index (Phi) is 8.62. The summed E-state index contributed by atoms with van der Waals surface area (Å²) in [4.78, 5) is 11.3. The van der Waals surface area contributed by atoms with E-state index in [0.717, 1.165) is 23.3 Å². The van der Waals surface area contributed by atoms with E-state index in [1.54, 1.807) is 0 Å². The van der Waals surface area contributed by atoms with Gasteiger partial charge in [-0.15, -0.1) is 0 Å². The van der Waals surface area contributed by atoms with Gasteiger partial charge in [0.25, 0.3) is 0 Å². The van der Waals surface area contributed by atoms with Gasteiger partial charge in [-0.25, -0.2) is 0 Å². The highest BCUT2D eigenvalue weighted by Gasteiger charge is 2.22. The summed E-state index contributed by atoms with van der Waals surface area (Å²) in [5.74, 6) is 2.17. The lowest BCUT2D eigenvalue weighted by Gasteiger charge is -2.22. The first-order chi connectivity index (χ1) is 7.02. The number of hydrogen-bond donors (Lipinski definition) is 0. The van der Waals surface area contributed by atoms with Gasteiger partial charge in [0.15, 0.2) is 0 Å². The Morgan fingerprint density at radius 3 is 2.60 bits per heavy atom. The summed E-state index contributed by atoms with van der Waals surface area (Å²) < 4.78 is 4.95. The highest BCUT2D eigenvalue weighted by molar-refractivity contribution is 9.09. The maximum absolute atomic E-state index is 11.3. The fourth-order valence-corrected chi connectivity index (χ4v) is 2.89. The smallest absolute Gasteiger partial charge is 0.306 e. The summed E-state index contributed by atoms with van der Waals surface area (Å²) in [6, 6.07) is 0. The molecule has 0 aliphatic rings. The second-order valence-electron chi connectivity index (χ2n) is 4.20. The molecule has 0 atom stereocenters. The van der Waals surface area contributed by atoms with E-state index in [2.05, 4.69) is 29.8 Å². The molecule has 4 heteroatoms. The molecule has 0 radical (unpaired) electrons. The number of carbonyl (C=O) groups is 1. The quantitative estimate of drug-likeness (QED) is 0.390. The predicted molar refractivity (Wildman–Crippen MR) is 70.8 cm³/mol. The van der Waals surface area contributed by atoms with Crippen molar-refractivity contribution in [2.24, 2.45) is 5.41 Å². The summed E-state index contributed by atoms with van der Waals surface area (Å²) in [5, 5.41) is 1.04. The van der Waals surface area contributed by atoms with Crippen molar-refractivity contribution < 1.29 is 9.53 Å². The lowest BCUT2D eigenvalue weighted by atomic mass is 9.86. The molecule has 15 heavy (non-hydrogen) atoms. The Morgan fingerprint density at radius 2 is 2.07 bits per heavy atom. The van der Waals surface area contributed by atoms with Crippen molar-refractivity contribution in [2.75, 3.05) is 23.4 Å². The molecule has 0 bridgehead atoms. The van der Waals surface area contributed by atoms with Crippen LogP contribution in [0, 0.1) is 5.41 Å². The van der Waals surface area contributed by atoms with Crippen LogP contribution in [0.5, 0.6) is 0 Å². The van der Waals surface area contributed by atoms with Crippen LogP contribution in [-0.2, 0) is 9.53 Å². The van der Waals surface area contributed by atoms with E-state index >= 15 is 0 Å². The van der Waals surface area contributed by atoms with Gasteiger partial charge in [0.05, 0.1) is 13.0 Å². The lowest BCUT2D eigenvalue weighted by Crippen LogP contribution is -2.19. The molecule has 0 aromatic rings. The molecule has 0 saturated carbocycles. The lowest BCUT2D eigenvalue weighted by molar-refractivity contribution is -0.145. The third kappa shape index (κ3) is 9.24. The molecular weight excluding hydrogens is 276 g/mol. The summed E-state index contributed by atoms with van der Waals surface area (Å²) >= 11 is 5.32. The summed E-state index contributed by atoms with van der Waals surface area (Å²) in [6.07, 6.45) is 1.58. The Balaban J connectivity index is 3.70. The van der Waals surface area contributed by atoms with Crippen LogP contribution in [0.25, 0.3) is 0 Å². The number of thioether (sulfide) groups is 1. The molecule has 0 heterocycles. The number of alkyl halides is 1. The molecule has 0 rings (SSSR count). The summed E-state index contributed by atoms with van der Waals surface area (Å²) in [6.45, 7) is 6.57. The molecule has 0 spiro atoms. The summed E-state index contributed by atoms with van der Waals surface area (Å²) in [7, 11) is 0. The van der Waals surface area contributed by atoms with Crippen LogP contribution in [-0.4, -0.2) is 29.4 Å². The topological polar surface area (TPSA) is 26.3 Å². The number of halogens is 1. The Morgan fingerprint density at radius 1 is 1.40 bits per heavy atom. The average Bonchev–Trinajstić information content (AvgIpc) is 2.12. The van der Waals surface area contributed by atoms with E-state index in [1.807, 2.05) is 18.7 Å². The summed E-state index contributed by atoms with van der Waals surface area (Å²) in [5.41, 5.74) is 0.0611. The minimum atomic E-state index is -0.0759. The van der Waals surface area contributed by atoms with Gasteiger partial charge < -0.3 is 4.74 Å². The highest BCUT2D eigenvalue weighted by Crippen LogP contribution is 2.27. The van der Waals surface area contributed by atoms with Crippen LogP contribution in [0.15, 0.2) is 0 Å². The van der Waals surface area contributed by atoms with Crippen molar-refractivity contribution in [3.63, 3.8) is 0 Å². The zero-order chi connectivity index (χ0) is 11.7. The molecule has 0 aliphatic carbocycles. The van der Waals surface area contributed by atoms with E-state index < -0.39 is 0 Å². The van der Waals surface area contributed by atoms with Crippen molar-refractivity contribution >= 4 is 33.7 Å². The zero-order valence-electron chi connectivity index (χ0n) is 9.85. The minimum Gasteiger partial charge on any atom is -0.466 e. The third-order valence-corrected chi connectivity index (χ3v) is 3.98. The molecule has 0 fully saturated rings. The van der Waals surface area contributed by atoms with Gasteiger partial charge in [-0.1, -0.05) is 29.8 Å². The van der Waals surface area contributed by atoms with Crippen LogP contribution in [0.1, 0.15) is 33.6 Å². The molecule has 2 nitrogen and oxygen atoms in total. The first-order valence-electron chi connectivity index (χ1n) is 5.31. The van der Waals surface area contributed by atoms with Gasteiger partial charge >= 0.3 is 5.97 Å². The molecule has 0 amide bonds. The predicted octanol–water partition coefficient (Wildman–Crippen LogP) is 3.48. The van der Waals surface area contributed by atoms with E-state index in [0.29, 0.717) is 13.0 Å². The number of rotatable bonds is 8. The number of carbonyl (C=O) groups excluding carboxylic acids is 1. The molecular formula is C11H21BrO2S. The van der Waals surface area contributed by atoms with Crippen molar-refractivity contribution in [1.82, 2.24) is 0 Å². The monoisotopic (exact) mass is 296 g/mol. The van der Waals surface area contributed by atoms with Gasteiger partial charge in [-0.3, -0.25) is 4.79 Å². The van der Waals surface area contributed by atoms with Gasteiger partial charge in [-0.2, -0.15) is 11.8 Å². The van der Waals surface area contributed by atoms with Crippen molar-refractivity contribution in [3.8, 4) is 0 Å². The van der Waals surface area contributed by atoms with Crippen molar-refractivity contribution in [1.29, 1.82) is 0 Å². The molecule has 0 unspecified atom stereocenters. The molecule has 0 saturated heterocycles. The molecule has 0 aromatic carbocycles. The Bertz CT molecular complexity index is 183. The van der Waals surface area contributed by atoms with Crippen LogP contribution in [0.3, 0.4) is 0 Å². The first-order valence-corrected chi connectivity index (χ1v) is 7.59. The second-order valence-corrected chi connectivity index (χ2v) is 6.22. The number of ether oxygens (including phenoxy) is 1. The Labute approximate surface area is 106 Å². The third-order valence-electron chi connectivity index (χ3n) is 2.07. The van der Waals surface area contributed by atoms with E-state index in [9.17, 15) is 4.79 Å². The van der Waals surface area contributed by atoms with Crippen LogP contribution in [0.4, 0.5) is 0 Å². The number of esters is 1. The van der Waals surface area contributed by atoms with Crippen LogP contribution >= 0.6 is 27.7 Å². The van der Waals surface area contributed by atoms with Crippen LogP contribution in [0.2, 0.25) is 0 Å². The largest absolute Gasteiger partial charge is 0.466 e. The van der Waals surface area contributed by atoms with Gasteiger partial charge in [0.1, 0.15) is 0 Å². The molecule has 0 aliphatic heterocycles. The standard InChI is InChI=1S/C11H21BrO2S/c1-4-14-10(13)9-11(2,3)5-7-15-8-6-12/h4-9H2,1-3H3. The maximum Gasteiger partial charge on any atom is 0.306 e. The first kappa shape index (κ1) is 15.3. The van der Waals surface area contributed by atoms with E-state index in [4.69, 9.17) is 4.74 Å². The zero-order valence-corrected chi connectivity index (χ0v) is 12.2. The fourth-order valence-electron chi connectivity index (χ4n) is 1.20. The second kappa shape index (κ2) is 8.45. The Hall–Kier alpha value is 0.300. The molecule has 90 valence electrons. The maximum atomic E-state index is 11.3. The average molecular weight is 297 g/mol. The normalized spacial score (nSPS) is 11.5. The van der Waals surface area contributed by atoms with E-state index in [-0.39, 0.29) is 11.4 Å². The molecule has 0 N–H and O–H groups in total. The van der Waals surface area contributed by atoms with Gasteiger partial charge in [0, 0.05) is 11.1 Å². The fraction of sp³-hybridized carbons (Fsp3) is 0.909. The molecule has 0 aromatic heterocycles. The van der Waals surface area contributed by atoms with Crippen LogP contribution < -0.4 is 0 Å². The number of hydrogen-bond acceptors (Lipinski definition) is 3. The highest BCUT2D eigenvalue weighted by atomic mass is 79.9. The van der Waals surface area contributed by atoms with Gasteiger partial charge in [0.2, 0.25) is 0 Å². The minimum absolute atomic E-state index is 0.0611. The van der Waals surface area contributed by atoms with E-state index in [1.165, 1.54) is 0 Å². The van der Waals surface area contributed by atoms with Crippen molar-refractivity contribution in [3.05, 3.63) is 0 Å².